The van der Waals surface area contributed by atoms with Crippen molar-refractivity contribution in [2.75, 3.05) is 38.1 Å². The predicted molar refractivity (Wildman–Crippen MR) is 113 cm³/mol. The predicted octanol–water partition coefficient (Wildman–Crippen LogP) is 2.57. The van der Waals surface area contributed by atoms with E-state index in [2.05, 4.69) is 17.1 Å². The Balaban J connectivity index is 1.36. The molecule has 2 aromatic rings. The van der Waals surface area contributed by atoms with Crippen LogP contribution in [0.1, 0.15) is 39.6 Å². The number of amides is 3. The SMILES string of the molecule is CCCN(CCc1ccc2c(c1)NC(=O)CO2)CCN1C(=O)c2ccccc2C1=O. The maximum absolute atomic E-state index is 12.6. The Morgan fingerprint density at radius 3 is 2.43 bits per heavy atom. The molecule has 2 aromatic carbocycles. The number of nitrogens with one attached hydrogen (secondary N) is 1. The molecule has 2 aliphatic rings. The minimum absolute atomic E-state index is 0.0500. The van der Waals surface area contributed by atoms with Crippen LogP contribution in [0.4, 0.5) is 5.69 Å². The highest BCUT2D eigenvalue weighted by molar-refractivity contribution is 6.21. The first kappa shape index (κ1) is 20.1. The summed E-state index contributed by atoms with van der Waals surface area (Å²) < 4.78 is 5.41. The Hall–Kier alpha value is -3.19. The van der Waals surface area contributed by atoms with Crippen LogP contribution in [0.5, 0.6) is 5.75 Å². The number of carbonyl (C=O) groups is 3. The van der Waals surface area contributed by atoms with Gasteiger partial charge in [0.25, 0.3) is 17.7 Å². The van der Waals surface area contributed by atoms with Crippen molar-refractivity contribution in [1.82, 2.24) is 9.80 Å². The van der Waals surface area contributed by atoms with Crippen molar-refractivity contribution in [1.29, 1.82) is 0 Å². The molecule has 30 heavy (non-hydrogen) atoms. The van der Waals surface area contributed by atoms with Gasteiger partial charge in [0.1, 0.15) is 5.75 Å². The summed E-state index contributed by atoms with van der Waals surface area (Å²) in [5, 5.41) is 2.83. The Labute approximate surface area is 175 Å². The van der Waals surface area contributed by atoms with Crippen molar-refractivity contribution in [3.8, 4) is 5.75 Å². The molecule has 0 saturated carbocycles. The van der Waals surface area contributed by atoms with E-state index in [-0.39, 0.29) is 24.3 Å². The van der Waals surface area contributed by atoms with Gasteiger partial charge in [-0.25, -0.2) is 0 Å². The fourth-order valence-electron chi connectivity index (χ4n) is 3.91. The fourth-order valence-corrected chi connectivity index (χ4v) is 3.91. The van der Waals surface area contributed by atoms with E-state index in [4.69, 9.17) is 4.74 Å². The number of rotatable bonds is 8. The fraction of sp³-hybridized carbons (Fsp3) is 0.348. The van der Waals surface area contributed by atoms with Crippen LogP contribution >= 0.6 is 0 Å². The molecule has 0 spiro atoms. The van der Waals surface area contributed by atoms with Gasteiger partial charge >= 0.3 is 0 Å². The monoisotopic (exact) mass is 407 g/mol. The number of benzene rings is 2. The third kappa shape index (κ3) is 4.07. The van der Waals surface area contributed by atoms with E-state index >= 15 is 0 Å². The average Bonchev–Trinajstić information content (AvgIpc) is 3.00. The highest BCUT2D eigenvalue weighted by Gasteiger charge is 2.34. The highest BCUT2D eigenvalue weighted by Crippen LogP contribution is 2.28. The molecule has 2 aliphatic heterocycles. The second-order valence-corrected chi connectivity index (χ2v) is 7.57. The van der Waals surface area contributed by atoms with Crippen molar-refractivity contribution in [2.24, 2.45) is 0 Å². The van der Waals surface area contributed by atoms with E-state index in [1.54, 1.807) is 24.3 Å². The van der Waals surface area contributed by atoms with Crippen molar-refractivity contribution in [2.45, 2.75) is 19.8 Å². The molecule has 7 nitrogen and oxygen atoms in total. The second kappa shape index (κ2) is 8.67. The van der Waals surface area contributed by atoms with Gasteiger partial charge in [0.2, 0.25) is 0 Å². The van der Waals surface area contributed by atoms with Crippen LogP contribution in [0.15, 0.2) is 42.5 Å². The zero-order chi connectivity index (χ0) is 21.1. The molecular weight excluding hydrogens is 382 g/mol. The third-order valence-electron chi connectivity index (χ3n) is 5.45. The van der Waals surface area contributed by atoms with Crippen molar-refractivity contribution < 1.29 is 19.1 Å². The number of fused-ring (bicyclic) bond motifs is 2. The summed E-state index contributed by atoms with van der Waals surface area (Å²) in [5.74, 6) is 0.123. The van der Waals surface area contributed by atoms with Crippen LogP contribution in [-0.2, 0) is 11.2 Å². The normalized spacial score (nSPS) is 15.1. The zero-order valence-corrected chi connectivity index (χ0v) is 17.0. The molecule has 0 saturated heterocycles. The largest absolute Gasteiger partial charge is 0.482 e. The maximum Gasteiger partial charge on any atom is 0.262 e. The number of hydrogen-bond donors (Lipinski definition) is 1. The van der Waals surface area contributed by atoms with E-state index in [1.807, 2.05) is 18.2 Å². The van der Waals surface area contributed by atoms with Gasteiger partial charge in [0, 0.05) is 19.6 Å². The molecule has 3 amide bonds. The number of imide groups is 1. The van der Waals surface area contributed by atoms with Gasteiger partial charge in [-0.2, -0.15) is 0 Å². The van der Waals surface area contributed by atoms with Gasteiger partial charge in [-0.05, 0) is 49.2 Å². The summed E-state index contributed by atoms with van der Waals surface area (Å²) >= 11 is 0. The Morgan fingerprint density at radius 2 is 1.73 bits per heavy atom. The molecule has 156 valence electrons. The van der Waals surface area contributed by atoms with Crippen LogP contribution in [0.25, 0.3) is 0 Å². The van der Waals surface area contributed by atoms with Crippen molar-refractivity contribution in [3.63, 3.8) is 0 Å². The summed E-state index contributed by atoms with van der Waals surface area (Å²) in [6, 6.07) is 12.8. The van der Waals surface area contributed by atoms with Crippen LogP contribution in [-0.4, -0.2) is 60.3 Å². The molecule has 1 N–H and O–H groups in total. The van der Waals surface area contributed by atoms with Gasteiger partial charge in [-0.3, -0.25) is 19.3 Å². The van der Waals surface area contributed by atoms with Gasteiger partial charge in [0.05, 0.1) is 16.8 Å². The second-order valence-electron chi connectivity index (χ2n) is 7.57. The number of ether oxygens (including phenoxy) is 1. The first-order valence-electron chi connectivity index (χ1n) is 10.3. The van der Waals surface area contributed by atoms with E-state index in [0.29, 0.717) is 35.7 Å². The molecule has 4 rings (SSSR count). The molecule has 0 aliphatic carbocycles. The summed E-state index contributed by atoms with van der Waals surface area (Å²) in [5.41, 5.74) is 2.78. The molecule has 2 heterocycles. The quantitative estimate of drug-likeness (QED) is 0.681. The lowest BCUT2D eigenvalue weighted by atomic mass is 10.1. The maximum atomic E-state index is 12.6. The van der Waals surface area contributed by atoms with Gasteiger partial charge in [-0.15, -0.1) is 0 Å². The van der Waals surface area contributed by atoms with E-state index in [1.165, 1.54) is 4.90 Å². The zero-order valence-electron chi connectivity index (χ0n) is 17.0. The van der Waals surface area contributed by atoms with Crippen LogP contribution in [0.2, 0.25) is 0 Å². The van der Waals surface area contributed by atoms with Gasteiger partial charge < -0.3 is 15.0 Å². The minimum Gasteiger partial charge on any atom is -0.482 e. The topological polar surface area (TPSA) is 79.0 Å². The Morgan fingerprint density at radius 1 is 1.00 bits per heavy atom. The lowest BCUT2D eigenvalue weighted by Crippen LogP contribution is -2.39. The van der Waals surface area contributed by atoms with Crippen molar-refractivity contribution >= 4 is 23.4 Å². The third-order valence-corrected chi connectivity index (χ3v) is 5.45. The number of hydrogen-bond acceptors (Lipinski definition) is 5. The smallest absolute Gasteiger partial charge is 0.262 e. The lowest BCUT2D eigenvalue weighted by Gasteiger charge is -2.25. The summed E-state index contributed by atoms with van der Waals surface area (Å²) in [4.78, 5) is 40.3. The molecular formula is C23H25N3O4. The lowest BCUT2D eigenvalue weighted by molar-refractivity contribution is -0.118. The molecule has 0 radical (unpaired) electrons. The van der Waals surface area contributed by atoms with Crippen LogP contribution < -0.4 is 10.1 Å². The first-order chi connectivity index (χ1) is 14.6. The molecule has 0 unspecified atom stereocenters. The van der Waals surface area contributed by atoms with E-state index in [9.17, 15) is 14.4 Å². The number of nitrogens with zero attached hydrogens (tertiary/aromatic N) is 2. The molecule has 0 aromatic heterocycles. The summed E-state index contributed by atoms with van der Waals surface area (Å²) in [6.45, 7) is 4.85. The van der Waals surface area contributed by atoms with Gasteiger partial charge in [-0.1, -0.05) is 25.1 Å². The number of anilines is 1. The molecule has 0 bridgehead atoms. The van der Waals surface area contributed by atoms with E-state index in [0.717, 1.165) is 31.5 Å². The Kier molecular flexibility index (Phi) is 5.81. The first-order valence-corrected chi connectivity index (χ1v) is 10.3. The van der Waals surface area contributed by atoms with Gasteiger partial charge in [0.15, 0.2) is 6.61 Å². The van der Waals surface area contributed by atoms with E-state index < -0.39 is 0 Å². The van der Waals surface area contributed by atoms with Crippen LogP contribution in [0.3, 0.4) is 0 Å². The summed E-state index contributed by atoms with van der Waals surface area (Å²) in [7, 11) is 0. The molecule has 7 heteroatoms. The summed E-state index contributed by atoms with van der Waals surface area (Å²) in [6.07, 6.45) is 1.78. The molecule has 0 fully saturated rings. The Bertz CT molecular complexity index is 953. The van der Waals surface area contributed by atoms with Crippen LogP contribution in [0, 0.1) is 0 Å². The van der Waals surface area contributed by atoms with Crippen molar-refractivity contribution in [3.05, 3.63) is 59.2 Å². The average molecular weight is 407 g/mol. The molecule has 0 atom stereocenters. The highest BCUT2D eigenvalue weighted by atomic mass is 16.5. The number of carbonyl (C=O) groups excluding carboxylic acids is 3. The standard InChI is InChI=1S/C23H25N3O4/c1-2-10-25(11-9-16-7-8-20-19(14-16)24-21(27)15-30-20)12-13-26-22(28)17-5-3-4-6-18(17)23(26)29/h3-8,14H,2,9-13,15H2,1H3,(H,24,27). The minimum atomic E-state index is -0.211.